The van der Waals surface area contributed by atoms with Gasteiger partial charge in [-0.2, -0.15) is 0 Å². The molecule has 2 aliphatic rings. The Morgan fingerprint density at radius 2 is 1.96 bits per heavy atom. The van der Waals surface area contributed by atoms with Gasteiger partial charge in [0.2, 0.25) is 0 Å². The lowest BCUT2D eigenvalue weighted by atomic mass is 9.90. The van der Waals surface area contributed by atoms with Crippen molar-refractivity contribution in [2.45, 2.75) is 52.1 Å². The molecular weight excluding hydrogens is 372 g/mol. The molecule has 1 aromatic carbocycles. The molecule has 2 aliphatic carbocycles. The SMILES string of the molecule is C[C@@H]1CCc2sc(C(=O)OCc3cc(=O)oc4cc5c(cc34)CCC5)cc2C1. The number of carbonyl (C=O) groups excluding carboxylic acids is 1. The number of ether oxygens (including phenoxy) is 1. The van der Waals surface area contributed by atoms with Crippen LogP contribution in [0.5, 0.6) is 0 Å². The minimum Gasteiger partial charge on any atom is -0.457 e. The van der Waals surface area contributed by atoms with Crippen molar-refractivity contribution in [3.8, 4) is 0 Å². The van der Waals surface area contributed by atoms with E-state index in [1.165, 1.54) is 34.1 Å². The summed E-state index contributed by atoms with van der Waals surface area (Å²) >= 11 is 1.55. The van der Waals surface area contributed by atoms with Crippen LogP contribution in [0.25, 0.3) is 11.0 Å². The van der Waals surface area contributed by atoms with E-state index in [1.54, 1.807) is 11.3 Å². The predicted octanol–water partition coefficient (Wildman–Crippen LogP) is 4.83. The van der Waals surface area contributed by atoms with Crippen LogP contribution in [0.15, 0.2) is 33.5 Å². The molecule has 0 unspecified atom stereocenters. The van der Waals surface area contributed by atoms with Crippen LogP contribution in [-0.2, 0) is 37.0 Å². The topological polar surface area (TPSA) is 56.5 Å². The minimum atomic E-state index is -0.405. The van der Waals surface area contributed by atoms with Crippen molar-refractivity contribution in [1.82, 2.24) is 0 Å². The largest absolute Gasteiger partial charge is 0.457 e. The molecule has 1 atom stereocenters. The van der Waals surface area contributed by atoms with Crippen molar-refractivity contribution in [3.05, 3.63) is 66.7 Å². The van der Waals surface area contributed by atoms with Gasteiger partial charge < -0.3 is 9.15 Å². The summed E-state index contributed by atoms with van der Waals surface area (Å²) < 4.78 is 11.0. The molecule has 144 valence electrons. The maximum absolute atomic E-state index is 12.6. The fourth-order valence-corrected chi connectivity index (χ4v) is 5.54. The Kier molecular flexibility index (Phi) is 4.35. The Hall–Kier alpha value is -2.40. The summed E-state index contributed by atoms with van der Waals surface area (Å²) in [5.74, 6) is 0.359. The molecule has 0 aliphatic heterocycles. The fraction of sp³-hybridized carbons (Fsp3) is 0.391. The highest BCUT2D eigenvalue weighted by Crippen LogP contribution is 2.33. The van der Waals surface area contributed by atoms with Gasteiger partial charge >= 0.3 is 11.6 Å². The number of carbonyl (C=O) groups is 1. The van der Waals surface area contributed by atoms with Gasteiger partial charge in [0.25, 0.3) is 0 Å². The zero-order chi connectivity index (χ0) is 19.3. The molecule has 5 heteroatoms. The number of thiophene rings is 1. The van der Waals surface area contributed by atoms with Crippen LogP contribution in [0, 0.1) is 5.92 Å². The van der Waals surface area contributed by atoms with Crippen LogP contribution in [0.4, 0.5) is 0 Å². The Balaban J connectivity index is 1.40. The average molecular weight is 394 g/mol. The Morgan fingerprint density at radius 1 is 1.14 bits per heavy atom. The molecule has 0 amide bonds. The molecule has 0 saturated heterocycles. The highest BCUT2D eigenvalue weighted by molar-refractivity contribution is 7.14. The summed E-state index contributed by atoms with van der Waals surface area (Å²) in [7, 11) is 0. The van der Waals surface area contributed by atoms with E-state index in [0.29, 0.717) is 21.9 Å². The molecule has 0 fully saturated rings. The molecule has 2 heterocycles. The Labute approximate surface area is 167 Å². The highest BCUT2D eigenvalue weighted by Gasteiger charge is 2.22. The van der Waals surface area contributed by atoms with Crippen LogP contribution >= 0.6 is 11.3 Å². The van der Waals surface area contributed by atoms with Crippen molar-refractivity contribution in [1.29, 1.82) is 0 Å². The van der Waals surface area contributed by atoms with Gasteiger partial charge in [0.15, 0.2) is 0 Å². The van der Waals surface area contributed by atoms with Crippen molar-refractivity contribution in [2.75, 3.05) is 0 Å². The summed E-state index contributed by atoms with van der Waals surface area (Å²) in [6, 6.07) is 7.49. The number of rotatable bonds is 3. The third kappa shape index (κ3) is 3.18. The van der Waals surface area contributed by atoms with Crippen LogP contribution in [-0.4, -0.2) is 5.97 Å². The number of benzene rings is 1. The molecule has 0 spiro atoms. The smallest absolute Gasteiger partial charge is 0.348 e. The maximum atomic E-state index is 12.6. The molecule has 4 nitrogen and oxygen atoms in total. The molecule has 0 radical (unpaired) electrons. The summed E-state index contributed by atoms with van der Waals surface area (Å²) in [5.41, 5.74) is 4.73. The van der Waals surface area contributed by atoms with Gasteiger partial charge in [0.05, 0.1) is 0 Å². The molecule has 2 aromatic heterocycles. The maximum Gasteiger partial charge on any atom is 0.348 e. The van der Waals surface area contributed by atoms with Gasteiger partial charge in [0.1, 0.15) is 17.1 Å². The lowest BCUT2D eigenvalue weighted by Crippen LogP contribution is -2.08. The van der Waals surface area contributed by atoms with E-state index < -0.39 is 5.63 Å². The first-order valence-electron chi connectivity index (χ1n) is 9.94. The molecule has 0 saturated carbocycles. The second kappa shape index (κ2) is 6.89. The number of hydrogen-bond acceptors (Lipinski definition) is 5. The van der Waals surface area contributed by atoms with Gasteiger partial charge in [-0.05, 0) is 79.3 Å². The van der Waals surface area contributed by atoms with Crippen molar-refractivity contribution >= 4 is 28.3 Å². The molecule has 5 rings (SSSR count). The van der Waals surface area contributed by atoms with Gasteiger partial charge in [-0.1, -0.05) is 6.92 Å². The molecule has 0 N–H and O–H groups in total. The predicted molar refractivity (Wildman–Crippen MR) is 109 cm³/mol. The summed E-state index contributed by atoms with van der Waals surface area (Å²) in [4.78, 5) is 26.6. The van der Waals surface area contributed by atoms with Crippen LogP contribution < -0.4 is 5.63 Å². The third-order valence-corrected chi connectivity index (χ3v) is 7.15. The van der Waals surface area contributed by atoms with Crippen molar-refractivity contribution in [3.63, 3.8) is 0 Å². The van der Waals surface area contributed by atoms with E-state index >= 15 is 0 Å². The summed E-state index contributed by atoms with van der Waals surface area (Å²) in [6.07, 6.45) is 6.46. The molecule has 3 aromatic rings. The summed E-state index contributed by atoms with van der Waals surface area (Å²) in [5, 5.41) is 0.868. The van der Waals surface area contributed by atoms with E-state index in [4.69, 9.17) is 9.15 Å². The normalized spacial score (nSPS) is 18.1. The zero-order valence-corrected chi connectivity index (χ0v) is 16.7. The first kappa shape index (κ1) is 17.7. The van der Waals surface area contributed by atoms with E-state index in [1.807, 2.05) is 12.1 Å². The van der Waals surface area contributed by atoms with Gasteiger partial charge in [0, 0.05) is 21.9 Å². The zero-order valence-electron chi connectivity index (χ0n) is 15.9. The first-order valence-corrected chi connectivity index (χ1v) is 10.8. The number of aryl methyl sites for hydroxylation is 3. The lowest BCUT2D eigenvalue weighted by molar-refractivity contribution is 0.0479. The van der Waals surface area contributed by atoms with Gasteiger partial charge in [-0.3, -0.25) is 0 Å². The van der Waals surface area contributed by atoms with Crippen LogP contribution in [0.1, 0.15) is 56.6 Å². The fourth-order valence-electron chi connectivity index (χ4n) is 4.43. The van der Waals surface area contributed by atoms with E-state index in [-0.39, 0.29) is 12.6 Å². The molecule has 28 heavy (non-hydrogen) atoms. The van der Waals surface area contributed by atoms with E-state index in [9.17, 15) is 9.59 Å². The first-order chi connectivity index (χ1) is 13.6. The van der Waals surface area contributed by atoms with Crippen LogP contribution in [0.2, 0.25) is 0 Å². The van der Waals surface area contributed by atoms with Crippen molar-refractivity contribution in [2.24, 2.45) is 5.92 Å². The summed E-state index contributed by atoms with van der Waals surface area (Å²) in [6.45, 7) is 2.33. The second-order valence-corrected chi connectivity index (χ2v) is 9.18. The van der Waals surface area contributed by atoms with E-state index in [2.05, 4.69) is 13.0 Å². The lowest BCUT2D eigenvalue weighted by Gasteiger charge is -2.16. The second-order valence-electron chi connectivity index (χ2n) is 8.04. The standard InChI is InChI=1S/C23H22O4S/c1-13-5-6-20-16(7-13)10-21(28-20)23(25)26-12-17-11-22(24)27-19-9-15-4-2-3-14(15)8-18(17)19/h8-11,13H,2-7,12H2,1H3/t13-/m1/s1. The minimum absolute atomic E-state index is 0.0820. The number of fused-ring (bicyclic) bond motifs is 3. The van der Waals surface area contributed by atoms with Gasteiger partial charge in [-0.25, -0.2) is 9.59 Å². The molecular formula is C23H22O4S. The highest BCUT2D eigenvalue weighted by atomic mass is 32.1. The molecule has 0 bridgehead atoms. The quantitative estimate of drug-likeness (QED) is 0.472. The number of hydrogen-bond donors (Lipinski definition) is 0. The monoisotopic (exact) mass is 394 g/mol. The third-order valence-electron chi connectivity index (χ3n) is 5.93. The van der Waals surface area contributed by atoms with E-state index in [0.717, 1.165) is 37.5 Å². The van der Waals surface area contributed by atoms with Crippen LogP contribution in [0.3, 0.4) is 0 Å². The van der Waals surface area contributed by atoms with Crippen molar-refractivity contribution < 1.29 is 13.9 Å². The average Bonchev–Trinajstić information content (AvgIpc) is 3.29. The Bertz CT molecular complexity index is 1140. The Morgan fingerprint density at radius 3 is 2.82 bits per heavy atom. The van der Waals surface area contributed by atoms with Gasteiger partial charge in [-0.15, -0.1) is 11.3 Å². The number of esters is 1.